The number of carbonyl (C=O) groups is 4. The van der Waals surface area contributed by atoms with Crippen molar-refractivity contribution < 1.29 is 28.7 Å². The molecule has 0 saturated carbocycles. The van der Waals surface area contributed by atoms with Crippen LogP contribution >= 0.6 is 0 Å². The maximum atomic E-state index is 13.8. The minimum absolute atomic E-state index is 0.132. The van der Waals surface area contributed by atoms with E-state index >= 15 is 0 Å². The summed E-state index contributed by atoms with van der Waals surface area (Å²) in [5.74, 6) is -1.78. The number of hydrogen-bond acceptors (Lipinski definition) is 6. The predicted molar refractivity (Wildman–Crippen MR) is 137 cm³/mol. The van der Waals surface area contributed by atoms with Gasteiger partial charge in [-0.2, -0.15) is 0 Å². The van der Waals surface area contributed by atoms with Crippen molar-refractivity contribution in [2.45, 2.75) is 81.2 Å². The molecule has 3 rings (SSSR count). The number of rotatable bonds is 5. The average Bonchev–Trinajstić information content (AvgIpc) is 2.97. The summed E-state index contributed by atoms with van der Waals surface area (Å²) < 4.78 is 11.1. The highest BCUT2D eigenvalue weighted by Gasteiger charge is 2.44. The Balaban J connectivity index is 1.97. The molecular formula is C29H39NO6. The molecule has 0 N–H and O–H groups in total. The first-order valence-electron chi connectivity index (χ1n) is 12.5. The van der Waals surface area contributed by atoms with Gasteiger partial charge >= 0.3 is 5.97 Å². The lowest BCUT2D eigenvalue weighted by Crippen LogP contribution is -2.57. The van der Waals surface area contributed by atoms with E-state index in [1.807, 2.05) is 32.9 Å². The highest BCUT2D eigenvalue weighted by Crippen LogP contribution is 2.41. The minimum Gasteiger partial charge on any atom is -0.430 e. The van der Waals surface area contributed by atoms with Gasteiger partial charge in [0.05, 0.1) is 30.2 Å². The Kier molecular flexibility index (Phi) is 7.66. The SMILES string of the molecule is Cc1cc(C)c(C2=C(OC(=O)C(C)(C)C)CC(CC(=O)N(C(=O)C(C)(C)C)C3COC3)C2=O)c(C)c1. The molecule has 2 aliphatic rings. The Morgan fingerprint density at radius 2 is 1.53 bits per heavy atom. The predicted octanol–water partition coefficient (Wildman–Crippen LogP) is 4.69. The van der Waals surface area contributed by atoms with Gasteiger partial charge in [-0.1, -0.05) is 38.5 Å². The molecular weight excluding hydrogens is 458 g/mol. The highest BCUT2D eigenvalue weighted by molar-refractivity contribution is 6.26. The summed E-state index contributed by atoms with van der Waals surface area (Å²) in [6.45, 7) is 17.0. The lowest BCUT2D eigenvalue weighted by molar-refractivity contribution is -0.165. The van der Waals surface area contributed by atoms with Gasteiger partial charge in [0.25, 0.3) is 0 Å². The molecule has 1 aliphatic heterocycles. The second-order valence-electron chi connectivity index (χ2n) is 12.2. The molecule has 1 saturated heterocycles. The fraction of sp³-hybridized carbons (Fsp3) is 0.586. The number of allylic oxidation sites excluding steroid dienone is 2. The van der Waals surface area contributed by atoms with Crippen LogP contribution in [0.5, 0.6) is 0 Å². The van der Waals surface area contributed by atoms with E-state index in [1.54, 1.807) is 41.5 Å². The van der Waals surface area contributed by atoms with Crippen LogP contribution in [-0.2, 0) is 28.7 Å². The number of nitrogens with zero attached hydrogens (tertiary/aromatic N) is 1. The van der Waals surface area contributed by atoms with Gasteiger partial charge in [-0.05, 0) is 58.2 Å². The molecule has 0 aromatic heterocycles. The third kappa shape index (κ3) is 5.61. The van der Waals surface area contributed by atoms with E-state index in [-0.39, 0.29) is 30.6 Å². The van der Waals surface area contributed by atoms with Crippen LogP contribution in [0.15, 0.2) is 17.9 Å². The number of amides is 2. The average molecular weight is 498 g/mol. The first-order valence-corrected chi connectivity index (χ1v) is 12.5. The Morgan fingerprint density at radius 1 is 0.972 bits per heavy atom. The fourth-order valence-corrected chi connectivity index (χ4v) is 4.65. The molecule has 1 atom stereocenters. The normalized spacial score (nSPS) is 18.8. The zero-order valence-corrected chi connectivity index (χ0v) is 23.0. The van der Waals surface area contributed by atoms with Crippen molar-refractivity contribution in [1.82, 2.24) is 4.90 Å². The van der Waals surface area contributed by atoms with E-state index in [4.69, 9.17) is 9.47 Å². The van der Waals surface area contributed by atoms with Crippen molar-refractivity contribution >= 4 is 29.1 Å². The quantitative estimate of drug-likeness (QED) is 0.548. The lowest BCUT2D eigenvalue weighted by atomic mass is 9.89. The summed E-state index contributed by atoms with van der Waals surface area (Å²) in [6, 6.07) is 3.66. The summed E-state index contributed by atoms with van der Waals surface area (Å²) in [5, 5.41) is 0. The van der Waals surface area contributed by atoms with Crippen molar-refractivity contribution in [1.29, 1.82) is 0 Å². The second kappa shape index (κ2) is 9.92. The lowest BCUT2D eigenvalue weighted by Gasteiger charge is -2.39. The van der Waals surface area contributed by atoms with Gasteiger partial charge in [0.15, 0.2) is 5.78 Å². The first-order chi connectivity index (χ1) is 16.5. The topological polar surface area (TPSA) is 90.0 Å². The highest BCUT2D eigenvalue weighted by atomic mass is 16.5. The largest absolute Gasteiger partial charge is 0.430 e. The maximum Gasteiger partial charge on any atom is 0.316 e. The van der Waals surface area contributed by atoms with Crippen molar-refractivity contribution in [3.05, 3.63) is 40.1 Å². The van der Waals surface area contributed by atoms with E-state index < -0.39 is 28.6 Å². The zero-order chi connectivity index (χ0) is 27.2. The van der Waals surface area contributed by atoms with Crippen LogP contribution in [0.25, 0.3) is 5.57 Å². The Morgan fingerprint density at radius 3 is 1.97 bits per heavy atom. The Bertz CT molecular complexity index is 1100. The Labute approximate surface area is 214 Å². The molecule has 1 aromatic carbocycles. The third-order valence-electron chi connectivity index (χ3n) is 6.62. The number of hydrogen-bond donors (Lipinski definition) is 0. The molecule has 7 heteroatoms. The van der Waals surface area contributed by atoms with E-state index in [9.17, 15) is 19.2 Å². The van der Waals surface area contributed by atoms with Crippen LogP contribution in [0.4, 0.5) is 0 Å². The number of imide groups is 1. The van der Waals surface area contributed by atoms with Gasteiger partial charge in [-0.25, -0.2) is 0 Å². The number of ketones is 1. The van der Waals surface area contributed by atoms with Crippen LogP contribution in [-0.4, -0.2) is 47.7 Å². The van der Waals surface area contributed by atoms with Gasteiger partial charge in [0.1, 0.15) is 5.76 Å². The van der Waals surface area contributed by atoms with Gasteiger partial charge in [0, 0.05) is 24.2 Å². The molecule has 36 heavy (non-hydrogen) atoms. The molecule has 1 aliphatic carbocycles. The smallest absolute Gasteiger partial charge is 0.316 e. The Hall–Kier alpha value is -2.80. The number of benzene rings is 1. The van der Waals surface area contributed by atoms with Crippen LogP contribution in [0.2, 0.25) is 0 Å². The molecule has 2 amide bonds. The number of Topliss-reactive ketones (excluding diaryl/α,β-unsaturated/α-hetero) is 1. The second-order valence-corrected chi connectivity index (χ2v) is 12.2. The molecule has 1 aromatic rings. The van der Waals surface area contributed by atoms with Crippen molar-refractivity contribution in [3.63, 3.8) is 0 Å². The number of ether oxygens (including phenoxy) is 2. The summed E-state index contributed by atoms with van der Waals surface area (Å²) in [6.07, 6.45) is -0.00558. The van der Waals surface area contributed by atoms with Gasteiger partial charge in [0.2, 0.25) is 11.8 Å². The van der Waals surface area contributed by atoms with Crippen LogP contribution in [0, 0.1) is 37.5 Å². The number of esters is 1. The fourth-order valence-electron chi connectivity index (χ4n) is 4.65. The molecule has 1 unspecified atom stereocenters. The van der Waals surface area contributed by atoms with Crippen molar-refractivity contribution in [2.24, 2.45) is 16.7 Å². The standard InChI is InChI=1S/C29H39NO6/c1-16-10-17(2)23(18(3)11-16)24-21(36-27(34)29(7,8)9)12-19(25(24)32)13-22(31)30(20-14-35-15-20)26(33)28(4,5)6/h10-11,19-20H,12-15H2,1-9H3. The molecule has 196 valence electrons. The number of aryl methyl sites for hydroxylation is 3. The molecule has 0 bridgehead atoms. The maximum absolute atomic E-state index is 13.8. The first kappa shape index (κ1) is 27.8. The minimum atomic E-state index is -0.757. The van der Waals surface area contributed by atoms with E-state index in [2.05, 4.69) is 0 Å². The van der Waals surface area contributed by atoms with Crippen LogP contribution in [0.3, 0.4) is 0 Å². The van der Waals surface area contributed by atoms with Gasteiger partial charge in [-0.3, -0.25) is 24.1 Å². The van der Waals surface area contributed by atoms with Crippen LogP contribution < -0.4 is 0 Å². The van der Waals surface area contributed by atoms with E-state index in [0.717, 1.165) is 22.3 Å². The van der Waals surface area contributed by atoms with Crippen molar-refractivity contribution in [2.75, 3.05) is 13.2 Å². The van der Waals surface area contributed by atoms with Crippen LogP contribution in [0.1, 0.15) is 76.6 Å². The van der Waals surface area contributed by atoms with Crippen molar-refractivity contribution in [3.8, 4) is 0 Å². The zero-order valence-electron chi connectivity index (χ0n) is 23.0. The summed E-state index contributed by atoms with van der Waals surface area (Å²) in [4.78, 5) is 54.4. The molecule has 1 heterocycles. The molecule has 7 nitrogen and oxygen atoms in total. The number of carbonyl (C=O) groups excluding carboxylic acids is 4. The summed E-state index contributed by atoms with van der Waals surface area (Å²) >= 11 is 0. The van der Waals surface area contributed by atoms with Gasteiger partial charge < -0.3 is 9.47 Å². The monoisotopic (exact) mass is 497 g/mol. The molecule has 1 fully saturated rings. The summed E-state index contributed by atoms with van der Waals surface area (Å²) in [5.41, 5.74) is 2.48. The molecule has 0 spiro atoms. The molecule has 0 radical (unpaired) electrons. The van der Waals surface area contributed by atoms with E-state index in [1.165, 1.54) is 4.90 Å². The third-order valence-corrected chi connectivity index (χ3v) is 6.62. The van der Waals surface area contributed by atoms with Gasteiger partial charge in [-0.15, -0.1) is 0 Å². The van der Waals surface area contributed by atoms with E-state index in [0.29, 0.717) is 24.5 Å². The summed E-state index contributed by atoms with van der Waals surface area (Å²) in [7, 11) is 0.